The van der Waals surface area contributed by atoms with Crippen LogP contribution in [0.5, 0.6) is 11.6 Å². The molecule has 1 heterocycles. The molecule has 0 N–H and O–H groups in total. The highest BCUT2D eigenvalue weighted by atomic mass is 35.5. The Morgan fingerprint density at radius 2 is 2.00 bits per heavy atom. The van der Waals surface area contributed by atoms with Crippen molar-refractivity contribution in [2.45, 2.75) is 5.88 Å². The third-order valence-electron chi connectivity index (χ3n) is 2.14. The normalized spacial score (nSPS) is 10.4. The van der Waals surface area contributed by atoms with Crippen LogP contribution in [-0.2, 0) is 5.88 Å². The number of pyridine rings is 1. The summed E-state index contributed by atoms with van der Waals surface area (Å²) >= 11 is 11.3. The minimum atomic E-state index is -0.548. The van der Waals surface area contributed by atoms with Gasteiger partial charge < -0.3 is 4.74 Å². The van der Waals surface area contributed by atoms with E-state index in [1.54, 1.807) is 0 Å². The van der Waals surface area contributed by atoms with Gasteiger partial charge in [0, 0.05) is 11.6 Å². The summed E-state index contributed by atoms with van der Waals surface area (Å²) < 4.78 is 31.3. The number of halogens is 4. The standard InChI is InChI=1S/C12H7Cl2F2NO/c13-5-7-3-8(15)6-17-12(7)18-9-1-2-11(16)10(14)4-9/h1-4,6H,5H2. The van der Waals surface area contributed by atoms with Crippen LogP contribution in [-0.4, -0.2) is 4.98 Å². The number of nitrogens with zero attached hydrogens (tertiary/aromatic N) is 1. The number of rotatable bonds is 3. The molecule has 0 saturated carbocycles. The number of hydrogen-bond acceptors (Lipinski definition) is 2. The van der Waals surface area contributed by atoms with Crippen molar-refractivity contribution in [3.05, 3.63) is 52.7 Å². The molecule has 0 atom stereocenters. The number of benzene rings is 1. The van der Waals surface area contributed by atoms with Gasteiger partial charge in [0.25, 0.3) is 0 Å². The highest BCUT2D eigenvalue weighted by molar-refractivity contribution is 6.30. The summed E-state index contributed by atoms with van der Waals surface area (Å²) in [5.41, 5.74) is 0.400. The van der Waals surface area contributed by atoms with Crippen LogP contribution in [0.15, 0.2) is 30.5 Å². The van der Waals surface area contributed by atoms with Gasteiger partial charge in [0.2, 0.25) is 5.88 Å². The first-order valence-electron chi connectivity index (χ1n) is 4.93. The second-order valence-electron chi connectivity index (χ2n) is 3.43. The fourth-order valence-corrected chi connectivity index (χ4v) is 1.67. The SMILES string of the molecule is Fc1cnc(Oc2ccc(F)c(Cl)c2)c(CCl)c1. The van der Waals surface area contributed by atoms with Crippen LogP contribution in [0.2, 0.25) is 5.02 Å². The number of ether oxygens (including phenoxy) is 1. The lowest BCUT2D eigenvalue weighted by molar-refractivity contribution is 0.453. The van der Waals surface area contributed by atoms with E-state index in [4.69, 9.17) is 27.9 Å². The molecule has 0 amide bonds. The Bertz CT molecular complexity index is 578. The zero-order valence-electron chi connectivity index (χ0n) is 8.96. The molecular formula is C12H7Cl2F2NO. The molecule has 1 aromatic carbocycles. The molecule has 0 spiro atoms. The monoisotopic (exact) mass is 289 g/mol. The Labute approximate surface area is 112 Å². The van der Waals surface area contributed by atoms with Crippen LogP contribution in [0, 0.1) is 11.6 Å². The summed E-state index contributed by atoms with van der Waals surface area (Å²) in [5, 5.41) is -0.0676. The molecule has 0 fully saturated rings. The Morgan fingerprint density at radius 3 is 2.67 bits per heavy atom. The molecule has 2 nitrogen and oxygen atoms in total. The lowest BCUT2D eigenvalue weighted by atomic mass is 10.3. The maximum atomic E-state index is 13.0. The molecule has 0 aliphatic heterocycles. The van der Waals surface area contributed by atoms with Crippen molar-refractivity contribution in [3.63, 3.8) is 0 Å². The van der Waals surface area contributed by atoms with E-state index in [9.17, 15) is 8.78 Å². The molecule has 0 aliphatic rings. The number of alkyl halides is 1. The molecule has 6 heteroatoms. The number of aromatic nitrogens is 1. The van der Waals surface area contributed by atoms with E-state index in [0.29, 0.717) is 11.3 Å². The van der Waals surface area contributed by atoms with Gasteiger partial charge in [-0.1, -0.05) is 11.6 Å². The molecule has 94 valence electrons. The first-order valence-corrected chi connectivity index (χ1v) is 5.84. The van der Waals surface area contributed by atoms with Crippen LogP contribution in [0.25, 0.3) is 0 Å². The first-order chi connectivity index (χ1) is 8.60. The second kappa shape index (κ2) is 5.50. The average Bonchev–Trinajstić information content (AvgIpc) is 2.36. The Kier molecular flexibility index (Phi) is 3.99. The van der Waals surface area contributed by atoms with Gasteiger partial charge in [-0.15, -0.1) is 11.6 Å². The van der Waals surface area contributed by atoms with Gasteiger partial charge in [-0.05, 0) is 18.2 Å². The minimum Gasteiger partial charge on any atom is -0.439 e. The van der Waals surface area contributed by atoms with Gasteiger partial charge in [0.1, 0.15) is 17.4 Å². The smallest absolute Gasteiger partial charge is 0.223 e. The molecule has 2 rings (SSSR count). The van der Waals surface area contributed by atoms with Crippen molar-refractivity contribution in [2.75, 3.05) is 0 Å². The van der Waals surface area contributed by atoms with Crippen LogP contribution in [0.1, 0.15) is 5.56 Å². The van der Waals surface area contributed by atoms with Gasteiger partial charge >= 0.3 is 0 Å². The fraction of sp³-hybridized carbons (Fsp3) is 0.0833. The van der Waals surface area contributed by atoms with E-state index in [-0.39, 0.29) is 16.8 Å². The van der Waals surface area contributed by atoms with Crippen LogP contribution < -0.4 is 4.74 Å². The van der Waals surface area contributed by atoms with Gasteiger partial charge in [-0.3, -0.25) is 0 Å². The summed E-state index contributed by atoms with van der Waals surface area (Å²) in [5.74, 6) is -0.542. The molecule has 0 saturated heterocycles. The third-order valence-corrected chi connectivity index (χ3v) is 2.72. The highest BCUT2D eigenvalue weighted by Crippen LogP contribution is 2.27. The van der Waals surface area contributed by atoms with Crippen molar-refractivity contribution in [2.24, 2.45) is 0 Å². The van der Waals surface area contributed by atoms with E-state index < -0.39 is 11.6 Å². The van der Waals surface area contributed by atoms with E-state index in [1.165, 1.54) is 24.3 Å². The van der Waals surface area contributed by atoms with E-state index >= 15 is 0 Å². The van der Waals surface area contributed by atoms with Crippen molar-refractivity contribution in [1.82, 2.24) is 4.98 Å². The summed E-state index contributed by atoms with van der Waals surface area (Å²) in [6, 6.07) is 5.09. The van der Waals surface area contributed by atoms with E-state index in [2.05, 4.69) is 4.98 Å². The second-order valence-corrected chi connectivity index (χ2v) is 4.10. The van der Waals surface area contributed by atoms with Crippen LogP contribution in [0.4, 0.5) is 8.78 Å². The third kappa shape index (κ3) is 2.89. The van der Waals surface area contributed by atoms with Gasteiger partial charge in [-0.2, -0.15) is 0 Å². The van der Waals surface area contributed by atoms with Gasteiger partial charge in [0.05, 0.1) is 17.1 Å². The molecular weight excluding hydrogens is 283 g/mol. The fourth-order valence-electron chi connectivity index (χ4n) is 1.31. The summed E-state index contributed by atoms with van der Waals surface area (Å²) in [6.45, 7) is 0. The highest BCUT2D eigenvalue weighted by Gasteiger charge is 2.09. The van der Waals surface area contributed by atoms with Crippen molar-refractivity contribution >= 4 is 23.2 Å². The molecule has 2 aromatic rings. The molecule has 0 unspecified atom stereocenters. The summed E-state index contributed by atoms with van der Waals surface area (Å²) in [7, 11) is 0. The zero-order valence-corrected chi connectivity index (χ0v) is 10.5. The van der Waals surface area contributed by atoms with Crippen molar-refractivity contribution in [1.29, 1.82) is 0 Å². The van der Waals surface area contributed by atoms with E-state index in [0.717, 1.165) is 6.20 Å². The molecule has 18 heavy (non-hydrogen) atoms. The Hall–Kier alpha value is -1.39. The van der Waals surface area contributed by atoms with Crippen molar-refractivity contribution in [3.8, 4) is 11.6 Å². The summed E-state index contributed by atoms with van der Waals surface area (Å²) in [4.78, 5) is 3.78. The lowest BCUT2D eigenvalue weighted by Gasteiger charge is -2.08. The lowest BCUT2D eigenvalue weighted by Crippen LogP contribution is -1.94. The van der Waals surface area contributed by atoms with Crippen LogP contribution >= 0.6 is 23.2 Å². The first kappa shape index (κ1) is 13.1. The molecule has 0 radical (unpaired) electrons. The Balaban J connectivity index is 2.30. The topological polar surface area (TPSA) is 22.1 Å². The maximum Gasteiger partial charge on any atom is 0.223 e. The quantitative estimate of drug-likeness (QED) is 0.774. The predicted molar refractivity (Wildman–Crippen MR) is 65.2 cm³/mol. The zero-order chi connectivity index (χ0) is 13.1. The largest absolute Gasteiger partial charge is 0.439 e. The van der Waals surface area contributed by atoms with E-state index in [1.807, 2.05) is 0 Å². The summed E-state index contributed by atoms with van der Waals surface area (Å²) in [6.07, 6.45) is 1.01. The van der Waals surface area contributed by atoms with Gasteiger partial charge in [-0.25, -0.2) is 13.8 Å². The predicted octanol–water partition coefficient (Wildman–Crippen LogP) is 4.54. The minimum absolute atomic E-state index is 0.0506. The molecule has 0 aliphatic carbocycles. The average molecular weight is 290 g/mol. The molecule has 0 bridgehead atoms. The van der Waals surface area contributed by atoms with Crippen molar-refractivity contribution < 1.29 is 13.5 Å². The van der Waals surface area contributed by atoms with Gasteiger partial charge in [0.15, 0.2) is 0 Å². The number of hydrogen-bond donors (Lipinski definition) is 0. The van der Waals surface area contributed by atoms with Crippen LogP contribution in [0.3, 0.4) is 0 Å². The maximum absolute atomic E-state index is 13.0. The molecule has 1 aromatic heterocycles. The Morgan fingerprint density at radius 1 is 1.22 bits per heavy atom.